The van der Waals surface area contributed by atoms with Crippen molar-refractivity contribution in [1.29, 1.82) is 0 Å². The molecule has 1 unspecified atom stereocenters. The normalized spacial score (nSPS) is 17.4. The van der Waals surface area contributed by atoms with E-state index in [0.717, 1.165) is 23.4 Å². The molecule has 2 nitrogen and oxygen atoms in total. The Labute approximate surface area is 119 Å². The van der Waals surface area contributed by atoms with Gasteiger partial charge in [-0.15, -0.1) is 0 Å². The van der Waals surface area contributed by atoms with Crippen molar-refractivity contribution in [3.05, 3.63) is 28.5 Å². The van der Waals surface area contributed by atoms with E-state index in [-0.39, 0.29) is 0 Å². The van der Waals surface area contributed by atoms with Gasteiger partial charge in [0.1, 0.15) is 0 Å². The summed E-state index contributed by atoms with van der Waals surface area (Å²) in [6, 6.07) is 4.82. The van der Waals surface area contributed by atoms with Crippen LogP contribution < -0.4 is 5.32 Å². The molecule has 1 aromatic rings. The Hall–Kier alpha value is -0.410. The smallest absolute Gasteiger partial charge is 0.0419 e. The fourth-order valence-corrected chi connectivity index (χ4v) is 2.73. The predicted octanol–water partition coefficient (Wildman–Crippen LogP) is 3.95. The lowest BCUT2D eigenvalue weighted by Gasteiger charge is -2.30. The van der Waals surface area contributed by atoms with Crippen LogP contribution in [0.2, 0.25) is 0 Å². The molecule has 0 bridgehead atoms. The number of pyridine rings is 1. The first-order valence-electron chi connectivity index (χ1n) is 7.11. The molecule has 1 fully saturated rings. The molecule has 1 aliphatic rings. The Kier molecular flexibility index (Phi) is 5.64. The zero-order valence-electron chi connectivity index (χ0n) is 11.2. The van der Waals surface area contributed by atoms with Gasteiger partial charge in [-0.2, -0.15) is 0 Å². The monoisotopic (exact) mass is 310 g/mol. The van der Waals surface area contributed by atoms with Crippen LogP contribution >= 0.6 is 15.9 Å². The summed E-state index contributed by atoms with van der Waals surface area (Å²) < 4.78 is 1.06. The first kappa shape index (κ1) is 14.0. The highest BCUT2D eigenvalue weighted by Gasteiger charge is 2.22. The molecule has 1 heterocycles. The molecule has 1 atom stereocenters. The molecule has 1 N–H and O–H groups in total. The van der Waals surface area contributed by atoms with Crippen molar-refractivity contribution in [1.82, 2.24) is 10.3 Å². The summed E-state index contributed by atoms with van der Waals surface area (Å²) in [6.07, 6.45) is 9.77. The summed E-state index contributed by atoms with van der Waals surface area (Å²) in [6.45, 7) is 3.35. The second kappa shape index (κ2) is 7.25. The molecule has 3 heteroatoms. The molecule has 18 heavy (non-hydrogen) atoms. The van der Waals surface area contributed by atoms with Crippen LogP contribution in [0.5, 0.6) is 0 Å². The molecule has 2 rings (SSSR count). The first-order valence-corrected chi connectivity index (χ1v) is 7.91. The van der Waals surface area contributed by atoms with Crippen LogP contribution in [0.1, 0.15) is 44.7 Å². The van der Waals surface area contributed by atoms with Crippen molar-refractivity contribution < 1.29 is 0 Å². The van der Waals surface area contributed by atoms with Gasteiger partial charge in [-0.25, -0.2) is 0 Å². The van der Waals surface area contributed by atoms with Gasteiger partial charge in [0.05, 0.1) is 0 Å². The van der Waals surface area contributed by atoms with Gasteiger partial charge in [0.25, 0.3) is 0 Å². The summed E-state index contributed by atoms with van der Waals surface area (Å²) in [4.78, 5) is 4.49. The minimum absolute atomic E-state index is 0.601. The Balaban J connectivity index is 1.88. The Morgan fingerprint density at radius 2 is 2.28 bits per heavy atom. The maximum atomic E-state index is 4.49. The van der Waals surface area contributed by atoms with Crippen LogP contribution in [-0.2, 0) is 6.42 Å². The lowest BCUT2D eigenvalue weighted by Crippen LogP contribution is -2.35. The zero-order chi connectivity index (χ0) is 12.8. The van der Waals surface area contributed by atoms with E-state index in [1.165, 1.54) is 37.8 Å². The number of halogens is 1. The SMILES string of the molecule is CCCNC(Cc1ccc(Br)cn1)CC1CCC1. The Bertz CT molecular complexity index is 346. The van der Waals surface area contributed by atoms with Crippen molar-refractivity contribution in [2.45, 2.75) is 51.5 Å². The van der Waals surface area contributed by atoms with Crippen LogP contribution in [0.3, 0.4) is 0 Å². The molecule has 1 saturated carbocycles. The fraction of sp³-hybridized carbons (Fsp3) is 0.667. The maximum Gasteiger partial charge on any atom is 0.0419 e. The van der Waals surface area contributed by atoms with Crippen LogP contribution in [0.15, 0.2) is 22.8 Å². The van der Waals surface area contributed by atoms with Gasteiger partial charge in [-0.05, 0) is 53.4 Å². The molecule has 1 aliphatic carbocycles. The molecule has 0 aliphatic heterocycles. The summed E-state index contributed by atoms with van der Waals surface area (Å²) in [5.41, 5.74) is 1.20. The third-order valence-corrected chi connectivity index (χ3v) is 4.24. The number of rotatable bonds is 7. The van der Waals surface area contributed by atoms with Crippen molar-refractivity contribution in [2.75, 3.05) is 6.54 Å². The predicted molar refractivity (Wildman–Crippen MR) is 79.7 cm³/mol. The maximum absolute atomic E-state index is 4.49. The van der Waals surface area contributed by atoms with Gasteiger partial charge in [0.2, 0.25) is 0 Å². The quantitative estimate of drug-likeness (QED) is 0.825. The van der Waals surface area contributed by atoms with Gasteiger partial charge in [0.15, 0.2) is 0 Å². The minimum Gasteiger partial charge on any atom is -0.314 e. The number of hydrogen-bond donors (Lipinski definition) is 1. The molecule has 1 aromatic heterocycles. The highest BCUT2D eigenvalue weighted by atomic mass is 79.9. The molecule has 0 amide bonds. The van der Waals surface area contributed by atoms with E-state index in [4.69, 9.17) is 0 Å². The summed E-state index contributed by atoms with van der Waals surface area (Å²) in [5, 5.41) is 3.68. The van der Waals surface area contributed by atoms with Crippen molar-refractivity contribution >= 4 is 15.9 Å². The molecular weight excluding hydrogens is 288 g/mol. The molecule has 0 saturated heterocycles. The standard InChI is InChI=1S/C15H23BrN2/c1-2-8-17-15(9-12-4-3-5-12)10-14-7-6-13(16)11-18-14/h6-7,11-12,15,17H,2-5,8-10H2,1H3. The summed E-state index contributed by atoms with van der Waals surface area (Å²) in [5.74, 6) is 0.954. The van der Waals surface area contributed by atoms with Gasteiger partial charge >= 0.3 is 0 Å². The summed E-state index contributed by atoms with van der Waals surface area (Å²) in [7, 11) is 0. The topological polar surface area (TPSA) is 24.9 Å². The second-order valence-corrected chi connectivity index (χ2v) is 6.27. The van der Waals surface area contributed by atoms with Gasteiger partial charge in [-0.3, -0.25) is 4.98 Å². The summed E-state index contributed by atoms with van der Waals surface area (Å²) >= 11 is 3.44. The average Bonchev–Trinajstić information content (AvgIpc) is 2.33. The highest BCUT2D eigenvalue weighted by molar-refractivity contribution is 9.10. The molecule has 0 spiro atoms. The zero-order valence-corrected chi connectivity index (χ0v) is 12.7. The molecule has 0 aromatic carbocycles. The van der Waals surface area contributed by atoms with E-state index in [2.05, 4.69) is 45.3 Å². The minimum atomic E-state index is 0.601. The van der Waals surface area contributed by atoms with E-state index in [1.807, 2.05) is 6.20 Å². The van der Waals surface area contributed by atoms with Crippen LogP contribution in [0, 0.1) is 5.92 Å². The fourth-order valence-electron chi connectivity index (χ4n) is 2.50. The van der Waals surface area contributed by atoms with E-state index >= 15 is 0 Å². The second-order valence-electron chi connectivity index (χ2n) is 5.36. The van der Waals surface area contributed by atoms with Crippen molar-refractivity contribution in [3.63, 3.8) is 0 Å². The molecule has 100 valence electrons. The van der Waals surface area contributed by atoms with Crippen molar-refractivity contribution in [2.24, 2.45) is 5.92 Å². The third kappa shape index (κ3) is 4.36. The Morgan fingerprint density at radius 1 is 1.44 bits per heavy atom. The van der Waals surface area contributed by atoms with Crippen LogP contribution in [0.4, 0.5) is 0 Å². The van der Waals surface area contributed by atoms with E-state index in [0.29, 0.717) is 6.04 Å². The van der Waals surface area contributed by atoms with Crippen LogP contribution in [0.25, 0.3) is 0 Å². The van der Waals surface area contributed by atoms with E-state index < -0.39 is 0 Å². The van der Waals surface area contributed by atoms with Gasteiger partial charge < -0.3 is 5.32 Å². The van der Waals surface area contributed by atoms with Crippen molar-refractivity contribution in [3.8, 4) is 0 Å². The number of nitrogens with zero attached hydrogens (tertiary/aromatic N) is 1. The van der Waals surface area contributed by atoms with E-state index in [1.54, 1.807) is 0 Å². The lowest BCUT2D eigenvalue weighted by atomic mass is 9.80. The van der Waals surface area contributed by atoms with Crippen LogP contribution in [-0.4, -0.2) is 17.6 Å². The number of nitrogens with one attached hydrogen (secondary N) is 1. The first-order chi connectivity index (χ1) is 8.78. The van der Waals surface area contributed by atoms with Gasteiger partial charge in [0, 0.05) is 28.8 Å². The lowest BCUT2D eigenvalue weighted by molar-refractivity contribution is 0.258. The number of aromatic nitrogens is 1. The Morgan fingerprint density at radius 3 is 2.83 bits per heavy atom. The molecular formula is C15H23BrN2. The largest absolute Gasteiger partial charge is 0.314 e. The highest BCUT2D eigenvalue weighted by Crippen LogP contribution is 2.31. The van der Waals surface area contributed by atoms with Gasteiger partial charge in [-0.1, -0.05) is 26.2 Å². The third-order valence-electron chi connectivity index (χ3n) is 3.77. The average molecular weight is 311 g/mol. The van der Waals surface area contributed by atoms with E-state index in [9.17, 15) is 0 Å². The number of hydrogen-bond acceptors (Lipinski definition) is 2. The molecule has 0 radical (unpaired) electrons.